The monoisotopic (exact) mass is 1190 g/mol. The number of ketones is 2. The zero-order chi connectivity index (χ0) is 60.8. The van der Waals surface area contributed by atoms with Gasteiger partial charge >= 0.3 is 0 Å². The highest BCUT2D eigenvalue weighted by Crippen LogP contribution is 2.38. The summed E-state index contributed by atoms with van der Waals surface area (Å²) in [4.78, 5) is 115. The second-order valence-corrected chi connectivity index (χ2v) is 23.8. The lowest BCUT2D eigenvalue weighted by molar-refractivity contribution is -0.137. The van der Waals surface area contributed by atoms with Gasteiger partial charge in [-0.1, -0.05) is 55.5 Å². The molecule has 24 nitrogen and oxygen atoms in total. The van der Waals surface area contributed by atoms with Gasteiger partial charge in [0.15, 0.2) is 23.1 Å². The van der Waals surface area contributed by atoms with Crippen LogP contribution in [-0.2, 0) is 63.7 Å². The Kier molecular flexibility index (Phi) is 22.7. The van der Waals surface area contributed by atoms with Crippen molar-refractivity contribution in [1.82, 2.24) is 41.7 Å². The first kappa shape index (κ1) is 64.6. The van der Waals surface area contributed by atoms with Gasteiger partial charge in [-0.25, -0.2) is 0 Å². The molecular weight excluding hydrogens is 1100 g/mol. The molecule has 9 unspecified atom stereocenters. The molecule has 2 aromatic carbocycles. The van der Waals surface area contributed by atoms with Gasteiger partial charge in [-0.2, -0.15) is 0 Å². The summed E-state index contributed by atoms with van der Waals surface area (Å²) >= 11 is 0. The van der Waals surface area contributed by atoms with Crippen molar-refractivity contribution in [3.05, 3.63) is 64.7 Å². The lowest BCUT2D eigenvalue weighted by Crippen LogP contribution is -2.59. The van der Waals surface area contributed by atoms with Crippen molar-refractivity contribution in [2.24, 2.45) is 5.92 Å². The summed E-state index contributed by atoms with van der Waals surface area (Å²) < 4.78 is 34.1. The summed E-state index contributed by atoms with van der Waals surface area (Å²) in [6.45, 7) is 10.0. The number of hydrogen-bond acceptors (Lipinski definition) is 18. The Labute approximate surface area is 496 Å². The first-order valence-corrected chi connectivity index (χ1v) is 29.9. The predicted molar refractivity (Wildman–Crippen MR) is 308 cm³/mol. The molecule has 8 rings (SSSR count). The average molecular weight is 1190 g/mol. The topological polar surface area (TPSA) is 318 Å². The highest BCUT2D eigenvalue weighted by Gasteiger charge is 2.52. The minimum atomic E-state index is -1.85. The third-order valence-corrected chi connectivity index (χ3v) is 16.9. The molecular formula is C61H86N8O16. The number of ether oxygens (including phenoxy) is 6. The molecule has 8 N–H and O–H groups in total. The molecule has 85 heavy (non-hydrogen) atoms. The molecule has 6 amide bonds. The molecule has 4 saturated heterocycles. The van der Waals surface area contributed by atoms with Crippen molar-refractivity contribution in [3.63, 3.8) is 0 Å². The molecule has 24 heteroatoms. The largest absolute Gasteiger partial charge is 0.493 e. The smallest absolute Gasteiger partial charge is 0.246 e. The van der Waals surface area contributed by atoms with E-state index >= 15 is 0 Å². The molecule has 0 radical (unpaired) electrons. The van der Waals surface area contributed by atoms with Gasteiger partial charge < -0.3 is 70.5 Å². The van der Waals surface area contributed by atoms with Gasteiger partial charge in [-0.15, -0.1) is 0 Å². The number of hydrogen-bond donors (Lipinski definition) is 8. The van der Waals surface area contributed by atoms with E-state index in [4.69, 9.17) is 28.4 Å². The molecule has 5 fully saturated rings. The number of aryl methyl sites for hydroxylation is 1. The fourth-order valence-corrected chi connectivity index (χ4v) is 11.3. The SMILES string of the molecule is COc1ccc(C(O)C(NC(=O)C(CO)NC(=O)CN2CCOCC2)C(=O)NC(CC2=CCCCC2)C(=O)C2(C)CO2)cc1Oc1cc(CC(NC(=O)C(C)NC(=O)CN2CCOCC2)C(=O)NC(CC2CCCC2)C(=O)C2(C)CO2)ccc1C. The van der Waals surface area contributed by atoms with E-state index in [9.17, 15) is 48.6 Å². The van der Waals surface area contributed by atoms with Crippen LogP contribution < -0.4 is 41.4 Å². The van der Waals surface area contributed by atoms with Crippen LogP contribution in [0, 0.1) is 12.8 Å². The minimum absolute atomic E-state index is 0.0510. The van der Waals surface area contributed by atoms with Gasteiger partial charge in [-0.05, 0) is 107 Å². The quantitative estimate of drug-likeness (QED) is 0.0402. The number of nitrogens with one attached hydrogen (secondary N) is 6. The molecule has 466 valence electrons. The summed E-state index contributed by atoms with van der Waals surface area (Å²) in [6.07, 6.45) is 8.02. The molecule has 9 atom stereocenters. The van der Waals surface area contributed by atoms with Crippen LogP contribution in [0.1, 0.15) is 108 Å². The number of carbonyl (C=O) groups is 8. The van der Waals surface area contributed by atoms with Crippen LogP contribution in [0.15, 0.2) is 48.0 Å². The zero-order valence-electron chi connectivity index (χ0n) is 49.6. The number of methoxy groups -OCH3 is 1. The van der Waals surface area contributed by atoms with Crippen molar-refractivity contribution in [2.45, 2.75) is 152 Å². The highest BCUT2D eigenvalue weighted by atomic mass is 16.6. The molecule has 4 aliphatic heterocycles. The van der Waals surface area contributed by atoms with E-state index in [0.29, 0.717) is 70.2 Å². The highest BCUT2D eigenvalue weighted by molar-refractivity contribution is 6.00. The van der Waals surface area contributed by atoms with Gasteiger partial charge in [0.1, 0.15) is 47.2 Å². The van der Waals surface area contributed by atoms with E-state index in [1.165, 1.54) is 32.2 Å². The second-order valence-electron chi connectivity index (χ2n) is 23.8. The average Bonchev–Trinajstić information content (AvgIpc) is 2.89. The van der Waals surface area contributed by atoms with E-state index in [-0.39, 0.29) is 85.3 Å². The summed E-state index contributed by atoms with van der Waals surface area (Å²) in [6, 6.07) is 1.91. The van der Waals surface area contributed by atoms with Crippen molar-refractivity contribution in [1.29, 1.82) is 0 Å². The first-order valence-electron chi connectivity index (χ1n) is 29.9. The number of aliphatic hydroxyl groups is 2. The normalized spacial score (nSPS) is 23.3. The molecule has 1 saturated carbocycles. The van der Waals surface area contributed by atoms with E-state index in [1.54, 1.807) is 39.0 Å². The van der Waals surface area contributed by atoms with E-state index < -0.39 is 89.7 Å². The third kappa shape index (κ3) is 18.1. The first-order chi connectivity index (χ1) is 40.7. The molecule has 0 aromatic heterocycles. The molecule has 0 bridgehead atoms. The van der Waals surface area contributed by atoms with Crippen molar-refractivity contribution < 1.29 is 77.0 Å². The number of benzene rings is 2. The Bertz CT molecular complexity index is 2750. The maximum Gasteiger partial charge on any atom is 0.246 e. The summed E-state index contributed by atoms with van der Waals surface area (Å²) in [5.41, 5.74) is -0.00881. The van der Waals surface area contributed by atoms with Crippen LogP contribution in [0.4, 0.5) is 0 Å². The lowest BCUT2D eigenvalue weighted by atomic mass is 9.89. The molecule has 0 spiro atoms. The molecule has 4 heterocycles. The number of allylic oxidation sites excluding steroid dienone is 1. The standard InChI is InChI=1S/C61H86N8O16/c1-37-15-16-41(29-45(66-56(76)38(2)62-50(71)32-68-19-23-81-24-20-68)57(77)64-43(27-40-13-9-10-14-40)54(74)60(3)35-83-60)30-48(37)85-49-31-42(17-18-47(49)80-5)53(73)52(67-58(78)46(34-70)63-51(72)33-69-21-25-82-26-22-69)59(79)65-44(55(75)61(4)36-84-61)28-39-11-7-6-8-12-39/h11,15-18,30-31,38,40,43-46,52-53,70,73H,6-10,12-14,19-29,32-36H2,1-5H3,(H,62,71)(H,63,72)(H,64,77)(H,65,79)(H,66,76)(H,67,78). The second kappa shape index (κ2) is 29.8. The maximum absolute atomic E-state index is 14.7. The number of amides is 6. The minimum Gasteiger partial charge on any atom is -0.493 e. The van der Waals surface area contributed by atoms with Gasteiger partial charge in [-0.3, -0.25) is 48.2 Å². The molecule has 2 aromatic rings. The summed E-state index contributed by atoms with van der Waals surface area (Å²) in [7, 11) is 1.40. The van der Waals surface area contributed by atoms with Crippen LogP contribution in [0.2, 0.25) is 0 Å². The van der Waals surface area contributed by atoms with Crippen LogP contribution in [-0.4, -0.2) is 207 Å². The number of nitrogens with zero attached hydrogens (tertiary/aromatic N) is 2. The van der Waals surface area contributed by atoms with Crippen LogP contribution in [0.5, 0.6) is 17.2 Å². The Balaban J connectivity index is 1.05. The Morgan fingerprint density at radius 2 is 1.25 bits per heavy atom. The number of Topliss-reactive ketones (excluding diaryl/α,β-unsaturated/α-hetero) is 2. The molecule has 2 aliphatic carbocycles. The fourth-order valence-electron chi connectivity index (χ4n) is 11.3. The third-order valence-electron chi connectivity index (χ3n) is 16.9. The number of rotatable bonds is 30. The van der Waals surface area contributed by atoms with Crippen molar-refractivity contribution in [3.8, 4) is 17.2 Å². The Morgan fingerprint density at radius 1 is 0.659 bits per heavy atom. The lowest BCUT2D eigenvalue weighted by Gasteiger charge is -2.29. The number of aliphatic hydroxyl groups excluding tert-OH is 2. The van der Waals surface area contributed by atoms with E-state index in [1.807, 2.05) is 9.80 Å². The number of morpholine rings is 2. The summed E-state index contributed by atoms with van der Waals surface area (Å²) in [5.74, 6) is -4.00. The van der Waals surface area contributed by atoms with E-state index in [0.717, 1.165) is 56.9 Å². The molecule has 6 aliphatic rings. The van der Waals surface area contributed by atoms with Crippen LogP contribution in [0.3, 0.4) is 0 Å². The van der Waals surface area contributed by atoms with Crippen LogP contribution in [0.25, 0.3) is 0 Å². The fraction of sp³-hybridized carbons (Fsp3) is 0.639. The maximum atomic E-state index is 14.7. The number of epoxide rings is 2. The zero-order valence-corrected chi connectivity index (χ0v) is 49.6. The van der Waals surface area contributed by atoms with Gasteiger partial charge in [0.25, 0.3) is 0 Å². The van der Waals surface area contributed by atoms with Gasteiger partial charge in [0.2, 0.25) is 35.4 Å². The Morgan fingerprint density at radius 3 is 1.84 bits per heavy atom. The summed E-state index contributed by atoms with van der Waals surface area (Å²) in [5, 5.41) is 39.3. The van der Waals surface area contributed by atoms with Crippen molar-refractivity contribution in [2.75, 3.05) is 92.6 Å². The van der Waals surface area contributed by atoms with Gasteiger partial charge in [0.05, 0.1) is 78.5 Å². The number of carbonyl (C=O) groups excluding carboxylic acids is 8. The van der Waals surface area contributed by atoms with E-state index in [2.05, 4.69) is 38.0 Å². The Hall–Kier alpha value is -6.38. The van der Waals surface area contributed by atoms with Crippen molar-refractivity contribution >= 4 is 47.0 Å². The van der Waals surface area contributed by atoms with Crippen LogP contribution >= 0.6 is 0 Å². The van der Waals surface area contributed by atoms with Gasteiger partial charge in [0, 0.05) is 32.6 Å². The predicted octanol–water partition coefficient (Wildman–Crippen LogP) is 1.14.